The fraction of sp³-hybridized carbons (Fsp3) is 0.100. The van der Waals surface area contributed by atoms with Gasteiger partial charge >= 0.3 is 0 Å². The van der Waals surface area contributed by atoms with Crippen LogP contribution in [0.4, 0.5) is 11.4 Å². The lowest BCUT2D eigenvalue weighted by atomic mass is 10.1. The summed E-state index contributed by atoms with van der Waals surface area (Å²) in [6, 6.07) is 5.65. The third kappa shape index (κ3) is 1.53. The van der Waals surface area contributed by atoms with Crippen LogP contribution in [-0.4, -0.2) is 6.21 Å². The van der Waals surface area contributed by atoms with Crippen molar-refractivity contribution in [2.24, 2.45) is 4.99 Å². The molecule has 2 heteroatoms. The first-order valence-electron chi connectivity index (χ1n) is 3.79. The lowest BCUT2D eigenvalue weighted by Crippen LogP contribution is -1.86. The lowest BCUT2D eigenvalue weighted by molar-refractivity contribution is 1.50. The fourth-order valence-corrected chi connectivity index (χ4v) is 1.02. The summed E-state index contributed by atoms with van der Waals surface area (Å²) < 4.78 is 0. The van der Waals surface area contributed by atoms with Gasteiger partial charge in [-0.25, -0.2) is 0 Å². The quantitative estimate of drug-likeness (QED) is 0.524. The van der Waals surface area contributed by atoms with Crippen LogP contribution in [0.25, 0.3) is 6.08 Å². The Morgan fingerprint density at radius 1 is 1.50 bits per heavy atom. The van der Waals surface area contributed by atoms with Crippen LogP contribution >= 0.6 is 0 Å². The van der Waals surface area contributed by atoms with Crippen molar-refractivity contribution in [2.75, 3.05) is 5.73 Å². The number of nitrogens with two attached hydrogens (primary N) is 1. The first-order valence-corrected chi connectivity index (χ1v) is 3.79. The zero-order valence-corrected chi connectivity index (χ0v) is 7.12. The zero-order chi connectivity index (χ0) is 8.97. The van der Waals surface area contributed by atoms with Gasteiger partial charge in [-0.3, -0.25) is 4.99 Å². The van der Waals surface area contributed by atoms with Gasteiger partial charge in [0.15, 0.2) is 0 Å². The molecule has 0 heterocycles. The van der Waals surface area contributed by atoms with E-state index in [1.807, 2.05) is 25.1 Å². The van der Waals surface area contributed by atoms with Crippen LogP contribution in [0.5, 0.6) is 0 Å². The molecule has 0 saturated carbocycles. The van der Waals surface area contributed by atoms with Gasteiger partial charge in [0.2, 0.25) is 0 Å². The Kier molecular flexibility index (Phi) is 2.64. The Hall–Kier alpha value is -1.57. The maximum atomic E-state index is 5.72. The predicted molar refractivity (Wildman–Crippen MR) is 54.8 cm³/mol. The van der Waals surface area contributed by atoms with E-state index in [0.717, 1.165) is 11.3 Å². The Labute approximate surface area is 72.4 Å². The van der Waals surface area contributed by atoms with E-state index in [2.05, 4.69) is 11.6 Å². The molecule has 1 aromatic carbocycles. The van der Waals surface area contributed by atoms with Crippen molar-refractivity contribution in [3.63, 3.8) is 0 Å². The zero-order valence-electron chi connectivity index (χ0n) is 7.12. The van der Waals surface area contributed by atoms with E-state index in [9.17, 15) is 0 Å². The van der Waals surface area contributed by atoms with Gasteiger partial charge in [0, 0.05) is 11.8 Å². The molecule has 0 aromatic heterocycles. The van der Waals surface area contributed by atoms with Crippen LogP contribution in [0.2, 0.25) is 0 Å². The molecule has 0 radical (unpaired) electrons. The van der Waals surface area contributed by atoms with Crippen molar-refractivity contribution >= 4 is 23.7 Å². The van der Waals surface area contributed by atoms with Crippen LogP contribution in [0.1, 0.15) is 12.5 Å². The van der Waals surface area contributed by atoms with E-state index in [0.29, 0.717) is 5.69 Å². The number of hydrogen-bond donors (Lipinski definition) is 1. The average molecular weight is 160 g/mol. The van der Waals surface area contributed by atoms with Gasteiger partial charge in [0.1, 0.15) is 0 Å². The van der Waals surface area contributed by atoms with Crippen molar-refractivity contribution in [3.8, 4) is 0 Å². The van der Waals surface area contributed by atoms with Crippen molar-refractivity contribution < 1.29 is 0 Å². The average Bonchev–Trinajstić information content (AvgIpc) is 2.09. The summed E-state index contributed by atoms with van der Waals surface area (Å²) in [5.41, 5.74) is 8.17. The highest BCUT2D eigenvalue weighted by Gasteiger charge is 1.99. The molecule has 0 spiro atoms. The second kappa shape index (κ2) is 3.72. The van der Waals surface area contributed by atoms with E-state index >= 15 is 0 Å². The van der Waals surface area contributed by atoms with E-state index in [1.54, 1.807) is 12.3 Å². The molecular weight excluding hydrogens is 148 g/mol. The Balaban J connectivity index is 3.28. The maximum Gasteiger partial charge on any atom is 0.0926 e. The largest absolute Gasteiger partial charge is 0.397 e. The van der Waals surface area contributed by atoms with Crippen LogP contribution in [0.15, 0.2) is 29.8 Å². The number of para-hydroxylation sites is 1. The number of nitrogens with zero attached hydrogens (tertiary/aromatic N) is 1. The summed E-state index contributed by atoms with van der Waals surface area (Å²) in [6.07, 6.45) is 3.47. The molecular formula is C10H12N2. The van der Waals surface area contributed by atoms with Crippen molar-refractivity contribution in [1.82, 2.24) is 0 Å². The van der Waals surface area contributed by atoms with Crippen molar-refractivity contribution in [3.05, 3.63) is 30.3 Å². The van der Waals surface area contributed by atoms with E-state index in [1.165, 1.54) is 0 Å². The van der Waals surface area contributed by atoms with Crippen LogP contribution < -0.4 is 5.73 Å². The number of anilines is 1. The third-order valence-corrected chi connectivity index (χ3v) is 1.58. The van der Waals surface area contributed by atoms with Crippen molar-refractivity contribution in [2.45, 2.75) is 6.92 Å². The first-order chi connectivity index (χ1) is 5.79. The number of rotatable bonds is 2. The summed E-state index contributed by atoms with van der Waals surface area (Å²) in [4.78, 5) is 4.16. The molecule has 1 aromatic rings. The van der Waals surface area contributed by atoms with Gasteiger partial charge in [0.05, 0.1) is 11.4 Å². The molecule has 2 N–H and O–H groups in total. The maximum absolute atomic E-state index is 5.72. The minimum Gasteiger partial charge on any atom is -0.397 e. The Morgan fingerprint density at radius 3 is 2.83 bits per heavy atom. The standard InChI is InChI=1S/C10H12N2/c1-3-8-6-5-7-9(11)10(8)12-4-2/h3-7H,1,11H2,2H3/b12-4-. The van der Waals surface area contributed by atoms with Gasteiger partial charge in [-0.05, 0) is 13.0 Å². The van der Waals surface area contributed by atoms with Crippen LogP contribution in [0, 0.1) is 0 Å². The number of nitrogen functional groups attached to an aromatic ring is 1. The smallest absolute Gasteiger partial charge is 0.0926 e. The molecule has 0 aliphatic rings. The molecule has 0 amide bonds. The van der Waals surface area contributed by atoms with Gasteiger partial charge in [0.25, 0.3) is 0 Å². The molecule has 0 bridgehead atoms. The van der Waals surface area contributed by atoms with Gasteiger partial charge in [-0.2, -0.15) is 0 Å². The molecule has 0 unspecified atom stereocenters. The molecule has 1 rings (SSSR count). The minimum atomic E-state index is 0.686. The van der Waals surface area contributed by atoms with E-state index in [4.69, 9.17) is 5.73 Å². The molecule has 62 valence electrons. The molecule has 2 nitrogen and oxygen atoms in total. The summed E-state index contributed by atoms with van der Waals surface area (Å²) in [5, 5.41) is 0. The Morgan fingerprint density at radius 2 is 2.25 bits per heavy atom. The highest BCUT2D eigenvalue weighted by molar-refractivity contribution is 5.78. The lowest BCUT2D eigenvalue weighted by Gasteiger charge is -2.02. The molecule has 0 aliphatic carbocycles. The summed E-state index contributed by atoms with van der Waals surface area (Å²) in [6.45, 7) is 5.55. The van der Waals surface area contributed by atoms with Crippen LogP contribution in [-0.2, 0) is 0 Å². The monoisotopic (exact) mass is 160 g/mol. The fourth-order valence-electron chi connectivity index (χ4n) is 1.02. The first kappa shape index (κ1) is 8.53. The van der Waals surface area contributed by atoms with E-state index < -0.39 is 0 Å². The topological polar surface area (TPSA) is 38.4 Å². The normalized spacial score (nSPS) is 10.4. The predicted octanol–water partition coefficient (Wildman–Crippen LogP) is 2.63. The van der Waals surface area contributed by atoms with Crippen LogP contribution in [0.3, 0.4) is 0 Å². The van der Waals surface area contributed by atoms with Gasteiger partial charge in [-0.15, -0.1) is 0 Å². The highest BCUT2D eigenvalue weighted by atomic mass is 14.8. The SMILES string of the molecule is C=Cc1cccc(N)c1/N=C\C. The number of benzene rings is 1. The second-order valence-corrected chi connectivity index (χ2v) is 2.38. The van der Waals surface area contributed by atoms with E-state index in [-0.39, 0.29) is 0 Å². The minimum absolute atomic E-state index is 0.686. The summed E-state index contributed by atoms with van der Waals surface area (Å²) >= 11 is 0. The number of hydrogen-bond acceptors (Lipinski definition) is 2. The molecule has 0 atom stereocenters. The Bertz CT molecular complexity index is 314. The third-order valence-electron chi connectivity index (χ3n) is 1.58. The molecule has 0 saturated heterocycles. The number of aliphatic imine (C=N–C) groups is 1. The summed E-state index contributed by atoms with van der Waals surface area (Å²) in [5.74, 6) is 0. The van der Waals surface area contributed by atoms with Crippen molar-refractivity contribution in [1.29, 1.82) is 0 Å². The van der Waals surface area contributed by atoms with Gasteiger partial charge in [-0.1, -0.05) is 24.8 Å². The van der Waals surface area contributed by atoms with Gasteiger partial charge < -0.3 is 5.73 Å². The molecule has 12 heavy (non-hydrogen) atoms. The molecule has 0 aliphatic heterocycles. The summed E-state index contributed by atoms with van der Waals surface area (Å²) in [7, 11) is 0. The second-order valence-electron chi connectivity index (χ2n) is 2.38. The highest BCUT2D eigenvalue weighted by Crippen LogP contribution is 2.26. The molecule has 0 fully saturated rings.